The number of carbonyl (C=O) groups excluding carboxylic acids is 1. The number of hydrogen-bond acceptors (Lipinski definition) is 4. The van der Waals surface area contributed by atoms with Crippen LogP contribution in [0.3, 0.4) is 0 Å². The predicted molar refractivity (Wildman–Crippen MR) is 75.0 cm³/mol. The molecule has 0 radical (unpaired) electrons. The average Bonchev–Trinajstić information content (AvgIpc) is 2.93. The van der Waals surface area contributed by atoms with Crippen molar-refractivity contribution in [3.63, 3.8) is 0 Å². The van der Waals surface area contributed by atoms with Gasteiger partial charge in [-0.25, -0.2) is 0 Å². The Morgan fingerprint density at radius 1 is 1.29 bits per heavy atom. The summed E-state index contributed by atoms with van der Waals surface area (Å²) < 4.78 is 10.6. The Hall–Kier alpha value is -2.08. The summed E-state index contributed by atoms with van der Waals surface area (Å²) in [6.45, 7) is 0.849. The summed E-state index contributed by atoms with van der Waals surface area (Å²) in [5.74, 6) is -0.999. The molecule has 2 atom stereocenters. The van der Waals surface area contributed by atoms with Gasteiger partial charge in [0.2, 0.25) is 5.91 Å². The van der Waals surface area contributed by atoms with Crippen molar-refractivity contribution in [1.29, 1.82) is 0 Å². The molecule has 114 valence electrons. The highest BCUT2D eigenvalue weighted by atomic mass is 16.5. The molecular weight excluding hydrogens is 274 g/mol. The zero-order valence-electron chi connectivity index (χ0n) is 11.7. The largest absolute Gasteiger partial charge is 0.494 e. The van der Waals surface area contributed by atoms with Crippen LogP contribution >= 0.6 is 0 Å². The van der Waals surface area contributed by atoms with Crippen molar-refractivity contribution in [3.8, 4) is 5.75 Å². The fraction of sp³-hybridized carbons (Fsp3) is 0.467. The molecule has 0 spiro atoms. The maximum Gasteiger partial charge on any atom is 0.311 e. The standard InChI is InChI=1S/C15H19NO5/c17-14(16-13-10-20-9-12(13)15(18)19)7-4-8-21-11-5-2-1-3-6-11/h1-3,5-6,12-13H,4,7-10H2,(H,16,17)(H,18,19). The van der Waals surface area contributed by atoms with Crippen molar-refractivity contribution < 1.29 is 24.2 Å². The molecule has 0 bridgehead atoms. The van der Waals surface area contributed by atoms with E-state index in [2.05, 4.69) is 5.32 Å². The number of amides is 1. The molecule has 0 aromatic heterocycles. The molecule has 1 fully saturated rings. The number of para-hydroxylation sites is 1. The van der Waals surface area contributed by atoms with E-state index in [1.54, 1.807) is 0 Å². The Labute approximate surface area is 123 Å². The molecule has 0 aliphatic carbocycles. The lowest BCUT2D eigenvalue weighted by Crippen LogP contribution is -2.42. The number of carboxylic acids is 1. The van der Waals surface area contributed by atoms with Gasteiger partial charge in [-0.05, 0) is 18.6 Å². The van der Waals surface area contributed by atoms with Gasteiger partial charge in [0.1, 0.15) is 11.7 Å². The summed E-state index contributed by atoms with van der Waals surface area (Å²) >= 11 is 0. The molecule has 1 saturated heterocycles. The van der Waals surface area contributed by atoms with Crippen LogP contribution in [0.4, 0.5) is 0 Å². The highest BCUT2D eigenvalue weighted by Crippen LogP contribution is 2.14. The van der Waals surface area contributed by atoms with Crippen molar-refractivity contribution in [2.75, 3.05) is 19.8 Å². The van der Waals surface area contributed by atoms with E-state index >= 15 is 0 Å². The van der Waals surface area contributed by atoms with E-state index in [1.165, 1.54) is 0 Å². The second-order valence-corrected chi connectivity index (χ2v) is 4.92. The Bertz CT molecular complexity index is 476. The molecular formula is C15H19NO5. The molecule has 1 aromatic rings. The van der Waals surface area contributed by atoms with E-state index in [0.717, 1.165) is 5.75 Å². The Kier molecular flexibility index (Phi) is 5.57. The van der Waals surface area contributed by atoms with Gasteiger partial charge in [-0.15, -0.1) is 0 Å². The van der Waals surface area contributed by atoms with Crippen LogP contribution < -0.4 is 10.1 Å². The van der Waals surface area contributed by atoms with Crippen LogP contribution in [-0.2, 0) is 14.3 Å². The topological polar surface area (TPSA) is 84.9 Å². The van der Waals surface area contributed by atoms with Crippen LogP contribution in [0.2, 0.25) is 0 Å². The van der Waals surface area contributed by atoms with Gasteiger partial charge in [0, 0.05) is 6.42 Å². The summed E-state index contributed by atoms with van der Waals surface area (Å²) in [6.07, 6.45) is 0.877. The number of benzene rings is 1. The minimum Gasteiger partial charge on any atom is -0.494 e. The molecule has 2 N–H and O–H groups in total. The second-order valence-electron chi connectivity index (χ2n) is 4.92. The van der Waals surface area contributed by atoms with E-state index < -0.39 is 17.9 Å². The second kappa shape index (κ2) is 7.64. The van der Waals surface area contributed by atoms with Crippen molar-refractivity contribution >= 4 is 11.9 Å². The third kappa shape index (κ3) is 4.75. The SMILES string of the molecule is O=C(CCCOc1ccccc1)NC1COCC1C(=O)O. The molecule has 1 amide bonds. The molecule has 1 aromatic carbocycles. The van der Waals surface area contributed by atoms with E-state index in [1.807, 2.05) is 30.3 Å². The molecule has 6 nitrogen and oxygen atoms in total. The molecule has 2 unspecified atom stereocenters. The van der Waals surface area contributed by atoms with Crippen LogP contribution in [-0.4, -0.2) is 42.8 Å². The summed E-state index contributed by atoms with van der Waals surface area (Å²) in [7, 11) is 0. The Balaban J connectivity index is 1.65. The van der Waals surface area contributed by atoms with Crippen LogP contribution in [0.25, 0.3) is 0 Å². The first kappa shape index (κ1) is 15.3. The van der Waals surface area contributed by atoms with Gasteiger partial charge in [-0.2, -0.15) is 0 Å². The lowest BCUT2D eigenvalue weighted by molar-refractivity contribution is -0.142. The molecule has 1 aliphatic heterocycles. The number of nitrogens with one attached hydrogen (secondary N) is 1. The van der Waals surface area contributed by atoms with Crippen LogP contribution in [0.5, 0.6) is 5.75 Å². The fourth-order valence-corrected chi connectivity index (χ4v) is 2.16. The summed E-state index contributed by atoms with van der Waals surface area (Å²) in [5.41, 5.74) is 0. The van der Waals surface area contributed by atoms with E-state index in [9.17, 15) is 9.59 Å². The first-order valence-corrected chi connectivity index (χ1v) is 6.94. The van der Waals surface area contributed by atoms with Crippen molar-refractivity contribution in [2.24, 2.45) is 5.92 Å². The summed E-state index contributed by atoms with van der Waals surface area (Å²) in [4.78, 5) is 22.7. The highest BCUT2D eigenvalue weighted by molar-refractivity contribution is 5.78. The number of carbonyl (C=O) groups is 2. The lowest BCUT2D eigenvalue weighted by atomic mass is 10.0. The average molecular weight is 293 g/mol. The maximum atomic E-state index is 11.8. The highest BCUT2D eigenvalue weighted by Gasteiger charge is 2.34. The van der Waals surface area contributed by atoms with Crippen molar-refractivity contribution in [2.45, 2.75) is 18.9 Å². The molecule has 21 heavy (non-hydrogen) atoms. The Morgan fingerprint density at radius 2 is 2.05 bits per heavy atom. The first-order valence-electron chi connectivity index (χ1n) is 6.94. The van der Waals surface area contributed by atoms with Crippen LogP contribution in [0, 0.1) is 5.92 Å². The summed E-state index contributed by atoms with van der Waals surface area (Å²) in [6, 6.07) is 8.94. The number of aliphatic carboxylic acids is 1. The normalized spacial score (nSPS) is 21.0. The zero-order valence-corrected chi connectivity index (χ0v) is 11.7. The number of carboxylic acid groups (broad SMARTS) is 1. The number of rotatable bonds is 7. The smallest absolute Gasteiger partial charge is 0.311 e. The molecule has 1 aliphatic rings. The minimum atomic E-state index is -0.940. The lowest BCUT2D eigenvalue weighted by Gasteiger charge is -2.15. The fourth-order valence-electron chi connectivity index (χ4n) is 2.16. The van der Waals surface area contributed by atoms with Gasteiger partial charge in [0.15, 0.2) is 0 Å². The predicted octanol–water partition coefficient (Wildman–Crippen LogP) is 1.06. The van der Waals surface area contributed by atoms with Crippen LogP contribution in [0.15, 0.2) is 30.3 Å². The first-order chi connectivity index (χ1) is 10.2. The van der Waals surface area contributed by atoms with Gasteiger partial charge in [0.05, 0.1) is 25.9 Å². The minimum absolute atomic E-state index is 0.150. The van der Waals surface area contributed by atoms with Gasteiger partial charge >= 0.3 is 5.97 Å². The molecule has 1 heterocycles. The van der Waals surface area contributed by atoms with E-state index in [0.29, 0.717) is 19.4 Å². The zero-order chi connectivity index (χ0) is 15.1. The van der Waals surface area contributed by atoms with Gasteiger partial charge in [-0.1, -0.05) is 18.2 Å². The monoisotopic (exact) mass is 293 g/mol. The third-order valence-corrected chi connectivity index (χ3v) is 3.30. The quantitative estimate of drug-likeness (QED) is 0.734. The van der Waals surface area contributed by atoms with Crippen molar-refractivity contribution in [1.82, 2.24) is 5.32 Å². The van der Waals surface area contributed by atoms with Gasteiger partial charge < -0.3 is 19.9 Å². The van der Waals surface area contributed by atoms with E-state index in [-0.39, 0.29) is 19.1 Å². The number of hydrogen-bond donors (Lipinski definition) is 2. The number of ether oxygens (including phenoxy) is 2. The van der Waals surface area contributed by atoms with E-state index in [4.69, 9.17) is 14.6 Å². The van der Waals surface area contributed by atoms with Crippen molar-refractivity contribution in [3.05, 3.63) is 30.3 Å². The van der Waals surface area contributed by atoms with Crippen LogP contribution in [0.1, 0.15) is 12.8 Å². The molecule has 0 saturated carbocycles. The Morgan fingerprint density at radius 3 is 2.76 bits per heavy atom. The molecule has 2 rings (SSSR count). The third-order valence-electron chi connectivity index (χ3n) is 3.30. The molecule has 6 heteroatoms. The van der Waals surface area contributed by atoms with Gasteiger partial charge in [-0.3, -0.25) is 9.59 Å². The maximum absolute atomic E-state index is 11.8. The van der Waals surface area contributed by atoms with Gasteiger partial charge in [0.25, 0.3) is 0 Å². The summed E-state index contributed by atoms with van der Waals surface area (Å²) in [5, 5.41) is 11.7.